The molecule has 12 heteroatoms. The van der Waals surface area contributed by atoms with E-state index in [0.29, 0.717) is 18.2 Å². The summed E-state index contributed by atoms with van der Waals surface area (Å²) < 4.78 is 3.44. The first-order chi connectivity index (χ1) is 17.8. The van der Waals surface area contributed by atoms with Crippen LogP contribution >= 0.6 is 0 Å². The third kappa shape index (κ3) is 4.62. The first-order valence-corrected chi connectivity index (χ1v) is 11.1. The van der Waals surface area contributed by atoms with Crippen LogP contribution in [0.15, 0.2) is 78.9 Å². The van der Waals surface area contributed by atoms with Crippen LogP contribution in [0.2, 0.25) is 0 Å². The summed E-state index contributed by atoms with van der Waals surface area (Å²) in [5, 5.41) is 29.7. The topological polar surface area (TPSA) is 151 Å². The van der Waals surface area contributed by atoms with Gasteiger partial charge in [-0.3, -0.25) is 25.0 Å². The number of aryl methyl sites for hydroxylation is 1. The van der Waals surface area contributed by atoms with Gasteiger partial charge < -0.3 is 9.88 Å². The van der Waals surface area contributed by atoms with E-state index >= 15 is 0 Å². The van der Waals surface area contributed by atoms with Crippen LogP contribution in [-0.2, 0) is 6.54 Å². The van der Waals surface area contributed by atoms with Crippen molar-refractivity contribution in [3.63, 3.8) is 0 Å². The molecule has 184 valence electrons. The fourth-order valence-corrected chi connectivity index (χ4v) is 4.01. The molecular weight excluding hydrogens is 478 g/mol. The SMILES string of the molecule is Cc1cc(NC(=O)c2cc([N+](=O)[O-])cc([N+](=O)[O-])c2)n(-c2nc3ccccc3n2Cc2ccccc2)n1. The van der Waals surface area contributed by atoms with Crippen molar-refractivity contribution in [3.8, 4) is 5.95 Å². The molecule has 0 unspecified atom stereocenters. The molecule has 0 aliphatic carbocycles. The predicted molar refractivity (Wildman–Crippen MR) is 135 cm³/mol. The van der Waals surface area contributed by atoms with Crippen LogP contribution in [0.4, 0.5) is 17.2 Å². The van der Waals surface area contributed by atoms with Crippen molar-refractivity contribution >= 4 is 34.1 Å². The minimum Gasteiger partial charge on any atom is -0.306 e. The Kier molecular flexibility index (Phi) is 5.89. The number of imidazole rings is 1. The van der Waals surface area contributed by atoms with Crippen molar-refractivity contribution < 1.29 is 14.6 Å². The van der Waals surface area contributed by atoms with Crippen LogP contribution in [-0.4, -0.2) is 35.1 Å². The van der Waals surface area contributed by atoms with Gasteiger partial charge >= 0.3 is 0 Å². The smallest absolute Gasteiger partial charge is 0.277 e. The van der Waals surface area contributed by atoms with E-state index in [-0.39, 0.29) is 11.4 Å². The summed E-state index contributed by atoms with van der Waals surface area (Å²) in [6.07, 6.45) is 0. The van der Waals surface area contributed by atoms with E-state index in [1.807, 2.05) is 59.2 Å². The number of nitro groups is 2. The summed E-state index contributed by atoms with van der Waals surface area (Å²) in [4.78, 5) is 38.7. The molecular formula is C25H19N7O5. The number of carbonyl (C=O) groups excluding carboxylic acids is 1. The Morgan fingerprint density at radius 2 is 1.57 bits per heavy atom. The van der Waals surface area contributed by atoms with E-state index in [1.54, 1.807) is 13.0 Å². The van der Waals surface area contributed by atoms with Gasteiger partial charge in [0.25, 0.3) is 17.3 Å². The van der Waals surface area contributed by atoms with Crippen LogP contribution in [0, 0.1) is 27.2 Å². The lowest BCUT2D eigenvalue weighted by molar-refractivity contribution is -0.394. The number of non-ortho nitro benzene ring substituents is 2. The number of nitrogens with zero attached hydrogens (tertiary/aromatic N) is 6. The van der Waals surface area contributed by atoms with E-state index in [0.717, 1.165) is 34.8 Å². The summed E-state index contributed by atoms with van der Waals surface area (Å²) in [6, 6.07) is 21.8. The van der Waals surface area contributed by atoms with Crippen LogP contribution in [0.1, 0.15) is 21.6 Å². The van der Waals surface area contributed by atoms with Crippen molar-refractivity contribution in [1.29, 1.82) is 0 Å². The maximum atomic E-state index is 13.1. The molecule has 0 aliphatic heterocycles. The Hall–Kier alpha value is -5.39. The van der Waals surface area contributed by atoms with E-state index in [2.05, 4.69) is 10.4 Å². The molecule has 0 spiro atoms. The fraction of sp³-hybridized carbons (Fsp3) is 0.0800. The van der Waals surface area contributed by atoms with Crippen molar-refractivity contribution in [2.24, 2.45) is 0 Å². The predicted octanol–water partition coefficient (Wildman–Crippen LogP) is 4.65. The number of anilines is 1. The van der Waals surface area contributed by atoms with Gasteiger partial charge in [-0.1, -0.05) is 42.5 Å². The Balaban J connectivity index is 1.57. The molecule has 5 aromatic rings. The van der Waals surface area contributed by atoms with Crippen molar-refractivity contribution in [3.05, 3.63) is 116 Å². The number of aromatic nitrogens is 4. The number of fused-ring (bicyclic) bond motifs is 1. The normalized spacial score (nSPS) is 10.9. The molecule has 3 aromatic carbocycles. The molecule has 37 heavy (non-hydrogen) atoms. The largest absolute Gasteiger partial charge is 0.306 e. The summed E-state index contributed by atoms with van der Waals surface area (Å²) in [6.45, 7) is 2.23. The minimum atomic E-state index is -0.788. The van der Waals surface area contributed by atoms with E-state index in [9.17, 15) is 25.0 Å². The number of carbonyl (C=O) groups is 1. The van der Waals surface area contributed by atoms with Gasteiger partial charge in [0.1, 0.15) is 5.82 Å². The number of amides is 1. The molecule has 0 aliphatic rings. The number of rotatable bonds is 7. The second-order valence-corrected chi connectivity index (χ2v) is 8.26. The standard InChI is InChI=1S/C25H19N7O5/c1-16-11-23(27-24(33)18-12-19(31(34)35)14-20(13-18)32(36)37)30(28-16)25-26-21-9-5-6-10-22(21)29(25)15-17-7-3-2-4-8-17/h2-14H,15H2,1H3,(H,27,33). The molecule has 0 radical (unpaired) electrons. The molecule has 0 fully saturated rings. The maximum absolute atomic E-state index is 13.1. The van der Waals surface area contributed by atoms with E-state index in [4.69, 9.17) is 4.98 Å². The second-order valence-electron chi connectivity index (χ2n) is 8.26. The van der Waals surface area contributed by atoms with E-state index < -0.39 is 27.1 Å². The second kappa shape index (κ2) is 9.34. The molecule has 0 saturated carbocycles. The third-order valence-corrected chi connectivity index (χ3v) is 5.67. The molecule has 0 saturated heterocycles. The van der Waals surface area contributed by atoms with Gasteiger partial charge in [0.05, 0.1) is 44.7 Å². The lowest BCUT2D eigenvalue weighted by Gasteiger charge is -2.12. The van der Waals surface area contributed by atoms with Gasteiger partial charge in [-0.15, -0.1) is 0 Å². The van der Waals surface area contributed by atoms with E-state index in [1.165, 1.54) is 4.68 Å². The zero-order chi connectivity index (χ0) is 26.1. The Labute approximate surface area is 209 Å². The summed E-state index contributed by atoms with van der Waals surface area (Å²) in [7, 11) is 0. The molecule has 12 nitrogen and oxygen atoms in total. The summed E-state index contributed by atoms with van der Waals surface area (Å²) >= 11 is 0. The van der Waals surface area contributed by atoms with Crippen molar-refractivity contribution in [2.75, 3.05) is 5.32 Å². The molecule has 0 atom stereocenters. The first kappa shape index (κ1) is 23.4. The van der Waals surface area contributed by atoms with Gasteiger partial charge in [-0.25, -0.2) is 4.98 Å². The minimum absolute atomic E-state index is 0.232. The maximum Gasteiger partial charge on any atom is 0.277 e. The monoisotopic (exact) mass is 497 g/mol. The van der Waals surface area contributed by atoms with Gasteiger partial charge in [-0.05, 0) is 24.6 Å². The van der Waals surface area contributed by atoms with Gasteiger partial charge in [-0.2, -0.15) is 9.78 Å². The van der Waals surface area contributed by atoms with Crippen molar-refractivity contribution in [1.82, 2.24) is 19.3 Å². The summed E-state index contributed by atoms with van der Waals surface area (Å²) in [5.74, 6) is -0.0709. The molecule has 2 aromatic heterocycles. The lowest BCUT2D eigenvalue weighted by atomic mass is 10.1. The lowest BCUT2D eigenvalue weighted by Crippen LogP contribution is -2.17. The highest BCUT2D eigenvalue weighted by Crippen LogP contribution is 2.26. The molecule has 5 rings (SSSR count). The van der Waals surface area contributed by atoms with Crippen LogP contribution in [0.25, 0.3) is 17.0 Å². The Morgan fingerprint density at radius 1 is 0.919 bits per heavy atom. The number of para-hydroxylation sites is 2. The number of nitrogens with one attached hydrogen (secondary N) is 1. The molecule has 1 N–H and O–H groups in total. The number of nitro benzene ring substituents is 2. The highest BCUT2D eigenvalue weighted by molar-refractivity contribution is 6.04. The van der Waals surface area contributed by atoms with Gasteiger partial charge in [0.15, 0.2) is 0 Å². The Bertz CT molecular complexity index is 1640. The zero-order valence-electron chi connectivity index (χ0n) is 19.4. The number of hydrogen-bond acceptors (Lipinski definition) is 7. The molecule has 1 amide bonds. The average molecular weight is 497 g/mol. The van der Waals surface area contributed by atoms with Gasteiger partial charge in [0.2, 0.25) is 5.95 Å². The fourth-order valence-electron chi connectivity index (χ4n) is 4.01. The van der Waals surface area contributed by atoms with Gasteiger partial charge in [0, 0.05) is 18.2 Å². The Morgan fingerprint density at radius 3 is 2.24 bits per heavy atom. The van der Waals surface area contributed by atoms with Crippen LogP contribution in [0.3, 0.4) is 0 Å². The van der Waals surface area contributed by atoms with Crippen molar-refractivity contribution in [2.45, 2.75) is 13.5 Å². The average Bonchev–Trinajstić information content (AvgIpc) is 3.43. The van der Waals surface area contributed by atoms with Crippen LogP contribution < -0.4 is 5.32 Å². The number of benzene rings is 3. The first-order valence-electron chi connectivity index (χ1n) is 11.1. The third-order valence-electron chi connectivity index (χ3n) is 5.67. The summed E-state index contributed by atoms with van der Waals surface area (Å²) in [5.41, 5.74) is 1.85. The van der Waals surface area contributed by atoms with Crippen LogP contribution in [0.5, 0.6) is 0 Å². The highest BCUT2D eigenvalue weighted by Gasteiger charge is 2.23. The quantitative estimate of drug-likeness (QED) is 0.254. The molecule has 0 bridgehead atoms. The molecule has 2 heterocycles. The number of hydrogen-bond donors (Lipinski definition) is 1. The zero-order valence-corrected chi connectivity index (χ0v) is 19.4. The highest BCUT2D eigenvalue weighted by atomic mass is 16.6.